The molecule has 0 bridgehead atoms. The van der Waals surface area contributed by atoms with Gasteiger partial charge in [-0.25, -0.2) is 4.98 Å². The van der Waals surface area contributed by atoms with Crippen LogP contribution in [-0.2, 0) is 4.79 Å². The van der Waals surface area contributed by atoms with Gasteiger partial charge in [-0.3, -0.25) is 4.79 Å². The summed E-state index contributed by atoms with van der Waals surface area (Å²) in [6.45, 7) is 2.68. The highest BCUT2D eigenvalue weighted by molar-refractivity contribution is 8.01. The van der Waals surface area contributed by atoms with Crippen LogP contribution in [0.3, 0.4) is 0 Å². The summed E-state index contributed by atoms with van der Waals surface area (Å²) in [5.41, 5.74) is 1.68. The molecule has 0 aliphatic heterocycles. The number of hydrogen-bond donors (Lipinski definition) is 1. The van der Waals surface area contributed by atoms with Crippen molar-refractivity contribution < 1.29 is 9.53 Å². The third-order valence-electron chi connectivity index (χ3n) is 3.22. The minimum atomic E-state index is -0.0631. The van der Waals surface area contributed by atoms with Crippen LogP contribution in [0.15, 0.2) is 52.9 Å². The lowest BCUT2D eigenvalue weighted by Gasteiger charge is -2.11. The summed E-state index contributed by atoms with van der Waals surface area (Å²) in [5, 5.41) is 2.92. The Morgan fingerprint density at radius 3 is 2.83 bits per heavy atom. The maximum absolute atomic E-state index is 12.2. The fourth-order valence-electron chi connectivity index (χ4n) is 2.13. The van der Waals surface area contributed by atoms with Gasteiger partial charge in [-0.05, 0) is 30.7 Å². The number of benzene rings is 2. The van der Waals surface area contributed by atoms with Crippen molar-refractivity contribution in [2.45, 2.75) is 17.7 Å². The standard InChI is InChI=1S/C18H18N2O2S2/c1-2-11-22-15-9-5-3-7-13(15)19-17(21)12-23-18-20-14-8-4-6-10-16(14)24-18/h3-10H,2,11-12H2,1H3,(H,19,21). The number of anilines is 1. The molecule has 1 N–H and O–H groups in total. The SMILES string of the molecule is CCCOc1ccccc1NC(=O)CSc1nc2ccccc2s1. The highest BCUT2D eigenvalue weighted by Crippen LogP contribution is 2.30. The van der Waals surface area contributed by atoms with Crippen molar-refractivity contribution in [3.8, 4) is 5.75 Å². The number of thioether (sulfide) groups is 1. The molecule has 0 aliphatic rings. The summed E-state index contributed by atoms with van der Waals surface area (Å²) in [7, 11) is 0. The van der Waals surface area contributed by atoms with Crippen LogP contribution in [0.2, 0.25) is 0 Å². The molecule has 0 saturated heterocycles. The molecule has 4 nitrogen and oxygen atoms in total. The Kier molecular flexibility index (Phi) is 5.72. The number of fused-ring (bicyclic) bond motifs is 1. The molecule has 24 heavy (non-hydrogen) atoms. The lowest BCUT2D eigenvalue weighted by atomic mass is 10.3. The Balaban J connectivity index is 1.59. The quantitative estimate of drug-likeness (QED) is 0.616. The molecule has 3 rings (SSSR count). The molecule has 0 saturated carbocycles. The molecule has 0 unspecified atom stereocenters. The minimum absolute atomic E-state index is 0.0631. The smallest absolute Gasteiger partial charge is 0.234 e. The number of nitrogens with one attached hydrogen (secondary N) is 1. The van der Waals surface area contributed by atoms with Crippen LogP contribution in [0.4, 0.5) is 5.69 Å². The number of carbonyl (C=O) groups is 1. The molecule has 0 fully saturated rings. The molecule has 1 heterocycles. The zero-order chi connectivity index (χ0) is 16.8. The first-order valence-electron chi connectivity index (χ1n) is 7.76. The van der Waals surface area contributed by atoms with E-state index >= 15 is 0 Å². The minimum Gasteiger partial charge on any atom is -0.491 e. The number of ether oxygens (including phenoxy) is 1. The molecule has 0 radical (unpaired) electrons. The molecule has 3 aromatic rings. The first kappa shape index (κ1) is 16.8. The van der Waals surface area contributed by atoms with Crippen LogP contribution in [-0.4, -0.2) is 23.3 Å². The van der Waals surface area contributed by atoms with E-state index in [1.54, 1.807) is 11.3 Å². The van der Waals surface area contributed by atoms with E-state index in [4.69, 9.17) is 4.74 Å². The van der Waals surface area contributed by atoms with Crippen molar-refractivity contribution in [3.05, 3.63) is 48.5 Å². The lowest BCUT2D eigenvalue weighted by molar-refractivity contribution is -0.113. The molecule has 0 aliphatic carbocycles. The molecule has 124 valence electrons. The molecule has 0 atom stereocenters. The van der Waals surface area contributed by atoms with Crippen molar-refractivity contribution in [2.24, 2.45) is 0 Å². The van der Waals surface area contributed by atoms with Gasteiger partial charge >= 0.3 is 0 Å². The van der Waals surface area contributed by atoms with E-state index < -0.39 is 0 Å². The second-order valence-corrected chi connectivity index (χ2v) is 7.38. The van der Waals surface area contributed by atoms with Crippen LogP contribution in [0.5, 0.6) is 5.75 Å². The van der Waals surface area contributed by atoms with Gasteiger partial charge in [0.1, 0.15) is 5.75 Å². The first-order chi connectivity index (χ1) is 11.8. The highest BCUT2D eigenvalue weighted by Gasteiger charge is 2.10. The third-order valence-corrected chi connectivity index (χ3v) is 5.40. The van der Waals surface area contributed by atoms with Crippen molar-refractivity contribution in [2.75, 3.05) is 17.7 Å². The predicted octanol–water partition coefficient (Wildman–Crippen LogP) is 4.82. The molecule has 0 spiro atoms. The summed E-state index contributed by atoms with van der Waals surface area (Å²) in [6.07, 6.45) is 0.926. The molecule has 1 aromatic heterocycles. The van der Waals surface area contributed by atoms with Crippen LogP contribution in [0.1, 0.15) is 13.3 Å². The van der Waals surface area contributed by atoms with Gasteiger partial charge in [0, 0.05) is 0 Å². The monoisotopic (exact) mass is 358 g/mol. The second kappa shape index (κ2) is 8.17. The summed E-state index contributed by atoms with van der Waals surface area (Å²) in [6, 6.07) is 15.5. The number of carbonyl (C=O) groups excluding carboxylic acids is 1. The van der Waals surface area contributed by atoms with Crippen LogP contribution in [0, 0.1) is 0 Å². The number of para-hydroxylation sites is 3. The normalized spacial score (nSPS) is 10.7. The summed E-state index contributed by atoms with van der Waals surface area (Å²) in [5.74, 6) is 0.964. The molecule has 2 aromatic carbocycles. The van der Waals surface area contributed by atoms with E-state index in [0.717, 1.165) is 21.0 Å². The average molecular weight is 358 g/mol. The van der Waals surface area contributed by atoms with Gasteiger partial charge in [-0.15, -0.1) is 11.3 Å². The number of rotatable bonds is 7. The zero-order valence-electron chi connectivity index (χ0n) is 13.3. The number of amides is 1. The Labute approximate surface area is 149 Å². The predicted molar refractivity (Wildman–Crippen MR) is 101 cm³/mol. The maximum atomic E-state index is 12.2. The van der Waals surface area contributed by atoms with E-state index in [2.05, 4.69) is 17.2 Å². The summed E-state index contributed by atoms with van der Waals surface area (Å²) in [4.78, 5) is 16.7. The number of nitrogens with zero attached hydrogens (tertiary/aromatic N) is 1. The van der Waals surface area contributed by atoms with Crippen LogP contribution >= 0.6 is 23.1 Å². The third kappa shape index (κ3) is 4.27. The average Bonchev–Trinajstić information content (AvgIpc) is 3.02. The van der Waals surface area contributed by atoms with Gasteiger partial charge in [0.2, 0.25) is 5.91 Å². The van der Waals surface area contributed by atoms with Crippen molar-refractivity contribution >= 4 is 44.9 Å². The first-order valence-corrected chi connectivity index (χ1v) is 9.56. The molecular weight excluding hydrogens is 340 g/mol. The van der Waals surface area contributed by atoms with Gasteiger partial charge in [0.25, 0.3) is 0 Å². The van der Waals surface area contributed by atoms with Gasteiger partial charge in [-0.1, -0.05) is 43.0 Å². The number of aromatic nitrogens is 1. The molecule has 1 amide bonds. The van der Waals surface area contributed by atoms with E-state index in [0.29, 0.717) is 23.8 Å². The van der Waals surface area contributed by atoms with Gasteiger partial charge in [-0.2, -0.15) is 0 Å². The van der Waals surface area contributed by atoms with E-state index in [1.807, 2.05) is 48.5 Å². The Hall–Kier alpha value is -2.05. The summed E-state index contributed by atoms with van der Waals surface area (Å²) >= 11 is 3.06. The van der Waals surface area contributed by atoms with E-state index in [1.165, 1.54) is 11.8 Å². The molecule has 6 heteroatoms. The van der Waals surface area contributed by atoms with Gasteiger partial charge in [0.15, 0.2) is 4.34 Å². The number of thiazole rings is 1. The topological polar surface area (TPSA) is 51.2 Å². The van der Waals surface area contributed by atoms with E-state index in [-0.39, 0.29) is 5.91 Å². The zero-order valence-corrected chi connectivity index (χ0v) is 15.0. The Morgan fingerprint density at radius 1 is 1.21 bits per heavy atom. The highest BCUT2D eigenvalue weighted by atomic mass is 32.2. The fourth-order valence-corrected chi connectivity index (χ4v) is 4.00. The fraction of sp³-hybridized carbons (Fsp3) is 0.222. The maximum Gasteiger partial charge on any atom is 0.234 e. The lowest BCUT2D eigenvalue weighted by Crippen LogP contribution is -2.15. The number of hydrogen-bond acceptors (Lipinski definition) is 5. The van der Waals surface area contributed by atoms with Crippen LogP contribution in [0.25, 0.3) is 10.2 Å². The molecular formula is C18H18N2O2S2. The van der Waals surface area contributed by atoms with Gasteiger partial charge in [0.05, 0.1) is 28.3 Å². The van der Waals surface area contributed by atoms with Gasteiger partial charge < -0.3 is 10.1 Å². The van der Waals surface area contributed by atoms with Crippen LogP contribution < -0.4 is 10.1 Å². The Bertz CT molecular complexity index is 800. The van der Waals surface area contributed by atoms with E-state index in [9.17, 15) is 4.79 Å². The second-order valence-electron chi connectivity index (χ2n) is 5.13. The van der Waals surface area contributed by atoms with Crippen molar-refractivity contribution in [1.82, 2.24) is 4.98 Å². The largest absolute Gasteiger partial charge is 0.491 e. The van der Waals surface area contributed by atoms with Crippen molar-refractivity contribution in [3.63, 3.8) is 0 Å². The summed E-state index contributed by atoms with van der Waals surface area (Å²) < 4.78 is 7.70. The van der Waals surface area contributed by atoms with Crippen molar-refractivity contribution in [1.29, 1.82) is 0 Å². The Morgan fingerprint density at radius 2 is 2.00 bits per heavy atom.